The van der Waals surface area contributed by atoms with E-state index in [1.807, 2.05) is 17.0 Å². The second kappa shape index (κ2) is 6.64. The number of nitrogens with zero attached hydrogens (tertiary/aromatic N) is 1. The van der Waals surface area contributed by atoms with Crippen LogP contribution in [-0.4, -0.2) is 30.4 Å². The summed E-state index contributed by atoms with van der Waals surface area (Å²) in [4.78, 5) is 14.5. The lowest BCUT2D eigenvalue weighted by Crippen LogP contribution is -2.28. The lowest BCUT2D eigenvalue weighted by molar-refractivity contribution is 0.0794. The molecule has 0 saturated carbocycles. The Hall–Kier alpha value is -1.71. The molecule has 3 N–H and O–H groups in total. The van der Waals surface area contributed by atoms with Crippen molar-refractivity contribution in [3.63, 3.8) is 0 Å². The van der Waals surface area contributed by atoms with Crippen molar-refractivity contribution in [1.82, 2.24) is 4.90 Å². The van der Waals surface area contributed by atoms with Crippen molar-refractivity contribution in [3.05, 3.63) is 23.8 Å². The molecule has 0 bridgehead atoms. The Morgan fingerprint density at radius 2 is 2.05 bits per heavy atom. The molecule has 110 valence electrons. The Balaban J connectivity index is 2.12. The van der Waals surface area contributed by atoms with Crippen molar-refractivity contribution >= 4 is 17.3 Å². The molecule has 1 heterocycles. The van der Waals surface area contributed by atoms with E-state index in [2.05, 4.69) is 19.2 Å². The fourth-order valence-corrected chi connectivity index (χ4v) is 2.48. The Kier molecular flexibility index (Phi) is 4.88. The van der Waals surface area contributed by atoms with Gasteiger partial charge in [-0.3, -0.25) is 4.79 Å². The maximum Gasteiger partial charge on any atom is 0.256 e. The summed E-state index contributed by atoms with van der Waals surface area (Å²) in [7, 11) is 0. The molecule has 0 aromatic heterocycles. The normalized spacial score (nSPS) is 14.8. The van der Waals surface area contributed by atoms with E-state index in [-0.39, 0.29) is 5.91 Å². The summed E-state index contributed by atoms with van der Waals surface area (Å²) in [5, 5.41) is 3.37. The molecular weight excluding hydrogens is 250 g/mol. The zero-order valence-corrected chi connectivity index (χ0v) is 12.5. The number of hydrogen-bond donors (Lipinski definition) is 2. The lowest BCUT2D eigenvalue weighted by Gasteiger charge is -2.19. The Morgan fingerprint density at radius 3 is 2.70 bits per heavy atom. The first-order valence-corrected chi connectivity index (χ1v) is 7.50. The van der Waals surface area contributed by atoms with Crippen LogP contribution in [0.25, 0.3) is 0 Å². The van der Waals surface area contributed by atoms with Gasteiger partial charge < -0.3 is 16.0 Å². The first-order chi connectivity index (χ1) is 9.58. The van der Waals surface area contributed by atoms with E-state index in [1.54, 1.807) is 6.07 Å². The summed E-state index contributed by atoms with van der Waals surface area (Å²) in [6.07, 6.45) is 3.29. The van der Waals surface area contributed by atoms with Crippen LogP contribution in [0.1, 0.15) is 43.5 Å². The summed E-state index contributed by atoms with van der Waals surface area (Å²) in [6, 6.07) is 5.55. The van der Waals surface area contributed by atoms with E-state index >= 15 is 0 Å². The molecule has 1 aliphatic rings. The largest absolute Gasteiger partial charge is 0.399 e. The van der Waals surface area contributed by atoms with Crippen LogP contribution in [0.5, 0.6) is 0 Å². The first-order valence-electron chi connectivity index (χ1n) is 7.50. The predicted octanol–water partition coefficient (Wildman–Crippen LogP) is 2.96. The third-order valence-corrected chi connectivity index (χ3v) is 3.70. The summed E-state index contributed by atoms with van der Waals surface area (Å²) < 4.78 is 0. The summed E-state index contributed by atoms with van der Waals surface area (Å²) >= 11 is 0. The maximum absolute atomic E-state index is 12.5. The highest BCUT2D eigenvalue weighted by Crippen LogP contribution is 2.23. The second-order valence-electron chi connectivity index (χ2n) is 5.91. The number of likely N-dealkylation sites (tertiary alicyclic amines) is 1. The zero-order chi connectivity index (χ0) is 14.5. The van der Waals surface area contributed by atoms with Gasteiger partial charge in [-0.1, -0.05) is 13.8 Å². The van der Waals surface area contributed by atoms with Crippen molar-refractivity contribution in [2.75, 3.05) is 30.7 Å². The average molecular weight is 275 g/mol. The average Bonchev–Trinajstić information content (AvgIpc) is 2.93. The highest BCUT2D eigenvalue weighted by Gasteiger charge is 2.22. The number of nitrogens with two attached hydrogens (primary N) is 1. The molecule has 0 atom stereocenters. The predicted molar refractivity (Wildman–Crippen MR) is 83.9 cm³/mol. The van der Waals surface area contributed by atoms with Gasteiger partial charge in [0.25, 0.3) is 5.91 Å². The van der Waals surface area contributed by atoms with Gasteiger partial charge in [0.2, 0.25) is 0 Å². The van der Waals surface area contributed by atoms with E-state index in [9.17, 15) is 4.79 Å². The number of nitrogen functional groups attached to an aromatic ring is 1. The molecule has 0 spiro atoms. The lowest BCUT2D eigenvalue weighted by atomic mass is 10.1. The highest BCUT2D eigenvalue weighted by molar-refractivity contribution is 6.00. The van der Waals surface area contributed by atoms with Crippen molar-refractivity contribution in [3.8, 4) is 0 Å². The van der Waals surface area contributed by atoms with Crippen molar-refractivity contribution in [2.45, 2.75) is 33.1 Å². The summed E-state index contributed by atoms with van der Waals surface area (Å²) in [6.45, 7) is 6.99. The number of carbonyl (C=O) groups is 1. The van der Waals surface area contributed by atoms with Crippen LogP contribution in [0.4, 0.5) is 11.4 Å². The van der Waals surface area contributed by atoms with Gasteiger partial charge in [-0.2, -0.15) is 0 Å². The SMILES string of the molecule is CC(C)CCNc1ccc(N)cc1C(=O)N1CCCC1. The number of nitrogens with one attached hydrogen (secondary N) is 1. The Bertz CT molecular complexity index is 465. The van der Waals surface area contributed by atoms with E-state index in [1.165, 1.54) is 0 Å². The van der Waals surface area contributed by atoms with Gasteiger partial charge in [0.15, 0.2) is 0 Å². The van der Waals surface area contributed by atoms with Gasteiger partial charge in [0.05, 0.1) is 5.56 Å². The molecular formula is C16H25N3O. The van der Waals surface area contributed by atoms with Gasteiger partial charge in [-0.15, -0.1) is 0 Å². The third kappa shape index (κ3) is 3.65. The van der Waals surface area contributed by atoms with E-state index in [0.29, 0.717) is 17.2 Å². The molecule has 1 fully saturated rings. The zero-order valence-electron chi connectivity index (χ0n) is 12.5. The number of carbonyl (C=O) groups excluding carboxylic acids is 1. The minimum Gasteiger partial charge on any atom is -0.399 e. The highest BCUT2D eigenvalue weighted by atomic mass is 16.2. The van der Waals surface area contributed by atoms with Gasteiger partial charge >= 0.3 is 0 Å². The molecule has 4 heteroatoms. The molecule has 2 rings (SSSR count). The third-order valence-electron chi connectivity index (χ3n) is 3.70. The fraction of sp³-hybridized carbons (Fsp3) is 0.562. The van der Waals surface area contributed by atoms with E-state index < -0.39 is 0 Å². The maximum atomic E-state index is 12.5. The minimum absolute atomic E-state index is 0.0989. The van der Waals surface area contributed by atoms with Crippen molar-refractivity contribution < 1.29 is 4.79 Å². The van der Waals surface area contributed by atoms with Crippen LogP contribution in [0.15, 0.2) is 18.2 Å². The summed E-state index contributed by atoms with van der Waals surface area (Å²) in [5.74, 6) is 0.746. The van der Waals surface area contributed by atoms with E-state index in [0.717, 1.165) is 44.6 Å². The van der Waals surface area contributed by atoms with Crippen LogP contribution in [-0.2, 0) is 0 Å². The topological polar surface area (TPSA) is 58.4 Å². The van der Waals surface area contributed by atoms with Crippen LogP contribution >= 0.6 is 0 Å². The second-order valence-corrected chi connectivity index (χ2v) is 5.91. The molecule has 1 aromatic rings. The quantitative estimate of drug-likeness (QED) is 0.812. The first kappa shape index (κ1) is 14.7. The van der Waals surface area contributed by atoms with E-state index in [4.69, 9.17) is 5.73 Å². The molecule has 0 radical (unpaired) electrons. The molecule has 1 aromatic carbocycles. The van der Waals surface area contributed by atoms with Crippen molar-refractivity contribution in [1.29, 1.82) is 0 Å². The van der Waals surface area contributed by atoms with Gasteiger partial charge in [-0.05, 0) is 43.4 Å². The monoisotopic (exact) mass is 275 g/mol. The van der Waals surface area contributed by atoms with Gasteiger partial charge in [-0.25, -0.2) is 0 Å². The van der Waals surface area contributed by atoms with Gasteiger partial charge in [0.1, 0.15) is 0 Å². The molecule has 20 heavy (non-hydrogen) atoms. The molecule has 1 amide bonds. The van der Waals surface area contributed by atoms with Crippen LogP contribution < -0.4 is 11.1 Å². The molecule has 1 saturated heterocycles. The number of rotatable bonds is 5. The molecule has 0 unspecified atom stereocenters. The van der Waals surface area contributed by atoms with Crippen LogP contribution in [0.3, 0.4) is 0 Å². The number of benzene rings is 1. The van der Waals surface area contributed by atoms with Gasteiger partial charge in [0, 0.05) is 31.0 Å². The Labute approximate surface area is 121 Å². The standard InChI is InChI=1S/C16H25N3O/c1-12(2)7-8-18-15-6-5-13(17)11-14(15)16(20)19-9-3-4-10-19/h5-6,11-12,18H,3-4,7-10,17H2,1-2H3. The smallest absolute Gasteiger partial charge is 0.256 e. The molecule has 4 nitrogen and oxygen atoms in total. The van der Waals surface area contributed by atoms with Crippen LogP contribution in [0.2, 0.25) is 0 Å². The number of hydrogen-bond acceptors (Lipinski definition) is 3. The van der Waals surface area contributed by atoms with Crippen molar-refractivity contribution in [2.24, 2.45) is 5.92 Å². The van der Waals surface area contributed by atoms with Crippen LogP contribution in [0, 0.1) is 5.92 Å². The fourth-order valence-electron chi connectivity index (χ4n) is 2.48. The summed E-state index contributed by atoms with van der Waals surface area (Å²) in [5.41, 5.74) is 8.09. The Morgan fingerprint density at radius 1 is 1.35 bits per heavy atom. The number of amides is 1. The molecule has 0 aliphatic carbocycles. The minimum atomic E-state index is 0.0989. The number of anilines is 2. The molecule has 1 aliphatic heterocycles.